The van der Waals surface area contributed by atoms with Crippen LogP contribution in [0.1, 0.15) is 25.7 Å². The fraction of sp³-hybridized carbons (Fsp3) is 0.526. The lowest BCUT2D eigenvalue weighted by molar-refractivity contribution is 0.0961. The summed E-state index contributed by atoms with van der Waals surface area (Å²) in [4.78, 5) is 17.0. The summed E-state index contributed by atoms with van der Waals surface area (Å²) in [5.74, 6) is 0.677. The fourth-order valence-corrected chi connectivity index (χ4v) is 4.10. The summed E-state index contributed by atoms with van der Waals surface area (Å²) in [6.07, 6.45) is 6.45. The van der Waals surface area contributed by atoms with Crippen LogP contribution < -0.4 is 15.6 Å². The molecule has 1 aromatic carbocycles. The number of likely N-dealkylation sites (tertiary alicyclic amines) is 1. The van der Waals surface area contributed by atoms with E-state index in [4.69, 9.17) is 16.3 Å². The van der Waals surface area contributed by atoms with Gasteiger partial charge < -0.3 is 19.9 Å². The molecule has 2 aliphatic heterocycles. The van der Waals surface area contributed by atoms with Crippen molar-refractivity contribution in [1.29, 1.82) is 0 Å². The number of aromatic nitrogens is 1. The van der Waals surface area contributed by atoms with Gasteiger partial charge >= 0.3 is 0 Å². The Balaban J connectivity index is 1.39. The van der Waals surface area contributed by atoms with Gasteiger partial charge in [0.15, 0.2) is 0 Å². The van der Waals surface area contributed by atoms with E-state index in [1.165, 1.54) is 12.8 Å². The molecule has 2 aromatic rings. The molecule has 0 aliphatic carbocycles. The number of pyridine rings is 1. The van der Waals surface area contributed by atoms with E-state index in [1.54, 1.807) is 12.3 Å². The number of ether oxygens (including phenoxy) is 1. The van der Waals surface area contributed by atoms with Gasteiger partial charge in [0.1, 0.15) is 11.9 Å². The van der Waals surface area contributed by atoms with Crippen molar-refractivity contribution in [3.05, 3.63) is 39.8 Å². The van der Waals surface area contributed by atoms with E-state index >= 15 is 0 Å². The first-order chi connectivity index (χ1) is 12.2. The van der Waals surface area contributed by atoms with E-state index in [0.29, 0.717) is 22.2 Å². The maximum absolute atomic E-state index is 11.8. The van der Waals surface area contributed by atoms with Gasteiger partial charge in [-0.15, -0.1) is 0 Å². The number of halogens is 1. The predicted molar refractivity (Wildman–Crippen MR) is 101 cm³/mol. The third-order valence-corrected chi connectivity index (χ3v) is 5.59. The minimum absolute atomic E-state index is 0.125. The number of nitrogens with zero attached hydrogens (tertiary/aromatic N) is 1. The highest BCUT2D eigenvalue weighted by atomic mass is 35.5. The van der Waals surface area contributed by atoms with Gasteiger partial charge in [-0.05, 0) is 55.8 Å². The number of hydrogen-bond acceptors (Lipinski definition) is 4. The molecule has 134 valence electrons. The minimum Gasteiger partial charge on any atom is -0.489 e. The Morgan fingerprint density at radius 1 is 1.24 bits per heavy atom. The van der Waals surface area contributed by atoms with Gasteiger partial charge in [0.05, 0.1) is 5.02 Å². The lowest BCUT2D eigenvalue weighted by Gasteiger charge is -2.33. The molecule has 3 heterocycles. The van der Waals surface area contributed by atoms with Crippen LogP contribution in [-0.4, -0.2) is 48.2 Å². The monoisotopic (exact) mass is 361 g/mol. The molecule has 25 heavy (non-hydrogen) atoms. The molecule has 2 saturated heterocycles. The quantitative estimate of drug-likeness (QED) is 0.879. The second-order valence-electron chi connectivity index (χ2n) is 7.09. The molecule has 0 radical (unpaired) electrons. The average molecular weight is 362 g/mol. The molecule has 2 aliphatic rings. The standard InChI is InChI=1S/C19H24ClN3O2/c20-17-11-16-13(3-7-22-19(16)24)10-18(17)25-15-4-8-23(9-5-15)12-14-2-1-6-21-14/h3,7,10-11,14-15,21H,1-2,4-6,8-9,12H2,(H,22,24)/t14-/m0/s1. The Bertz CT molecular complexity index is 793. The molecule has 1 aromatic heterocycles. The van der Waals surface area contributed by atoms with Gasteiger partial charge in [-0.1, -0.05) is 11.6 Å². The lowest BCUT2D eigenvalue weighted by atomic mass is 10.1. The van der Waals surface area contributed by atoms with Crippen LogP contribution in [0.15, 0.2) is 29.2 Å². The van der Waals surface area contributed by atoms with E-state index in [0.717, 1.165) is 44.4 Å². The average Bonchev–Trinajstić information content (AvgIpc) is 3.11. The minimum atomic E-state index is -0.125. The lowest BCUT2D eigenvalue weighted by Crippen LogP contribution is -2.44. The number of hydrogen-bond donors (Lipinski definition) is 2. The number of H-pyrrole nitrogens is 1. The van der Waals surface area contributed by atoms with E-state index in [9.17, 15) is 4.79 Å². The van der Waals surface area contributed by atoms with Crippen molar-refractivity contribution in [2.24, 2.45) is 0 Å². The second kappa shape index (κ2) is 7.36. The third kappa shape index (κ3) is 3.84. The van der Waals surface area contributed by atoms with Gasteiger partial charge in [0, 0.05) is 37.3 Å². The number of aromatic amines is 1. The molecular weight excluding hydrogens is 338 g/mol. The van der Waals surface area contributed by atoms with Crippen LogP contribution in [-0.2, 0) is 0 Å². The highest BCUT2D eigenvalue weighted by Crippen LogP contribution is 2.31. The Hall–Kier alpha value is -1.56. The van der Waals surface area contributed by atoms with Gasteiger partial charge in [0.2, 0.25) is 0 Å². The van der Waals surface area contributed by atoms with Gasteiger partial charge in [-0.3, -0.25) is 4.79 Å². The van der Waals surface area contributed by atoms with Crippen LogP contribution in [0, 0.1) is 0 Å². The highest BCUT2D eigenvalue weighted by Gasteiger charge is 2.24. The van der Waals surface area contributed by atoms with Crippen molar-refractivity contribution >= 4 is 22.4 Å². The highest BCUT2D eigenvalue weighted by molar-refractivity contribution is 6.32. The van der Waals surface area contributed by atoms with E-state index in [1.807, 2.05) is 12.1 Å². The Morgan fingerprint density at radius 2 is 2.08 bits per heavy atom. The summed E-state index contributed by atoms with van der Waals surface area (Å²) in [5.41, 5.74) is -0.125. The van der Waals surface area contributed by atoms with Crippen molar-refractivity contribution in [3.63, 3.8) is 0 Å². The first-order valence-corrected chi connectivity index (χ1v) is 9.50. The summed E-state index contributed by atoms with van der Waals surface area (Å²) < 4.78 is 6.17. The Kier molecular flexibility index (Phi) is 4.97. The zero-order valence-corrected chi connectivity index (χ0v) is 15.0. The van der Waals surface area contributed by atoms with Crippen molar-refractivity contribution in [2.45, 2.75) is 37.8 Å². The van der Waals surface area contributed by atoms with Gasteiger partial charge in [-0.25, -0.2) is 0 Å². The van der Waals surface area contributed by atoms with Crippen LogP contribution in [0.2, 0.25) is 5.02 Å². The second-order valence-corrected chi connectivity index (χ2v) is 7.49. The number of fused-ring (bicyclic) bond motifs is 1. The van der Waals surface area contributed by atoms with E-state index in [2.05, 4.69) is 15.2 Å². The third-order valence-electron chi connectivity index (χ3n) is 5.30. The summed E-state index contributed by atoms with van der Waals surface area (Å²) >= 11 is 6.34. The van der Waals surface area contributed by atoms with Crippen molar-refractivity contribution < 1.29 is 4.74 Å². The molecule has 0 spiro atoms. The molecule has 0 saturated carbocycles. The Labute approximate surface area is 152 Å². The van der Waals surface area contributed by atoms with E-state index < -0.39 is 0 Å². The predicted octanol–water partition coefficient (Wildman–Crippen LogP) is 2.78. The maximum Gasteiger partial charge on any atom is 0.255 e. The first-order valence-electron chi connectivity index (χ1n) is 9.12. The first kappa shape index (κ1) is 16.9. The summed E-state index contributed by atoms with van der Waals surface area (Å²) in [6.45, 7) is 4.43. The number of benzene rings is 1. The van der Waals surface area contributed by atoms with Crippen LogP contribution in [0.5, 0.6) is 5.75 Å². The van der Waals surface area contributed by atoms with Crippen molar-refractivity contribution in [1.82, 2.24) is 15.2 Å². The molecule has 0 unspecified atom stereocenters. The SMILES string of the molecule is O=c1[nH]ccc2cc(OC3CCN(C[C@@H]4CCCN4)CC3)c(Cl)cc12. The molecular formula is C19H24ClN3O2. The topological polar surface area (TPSA) is 57.4 Å². The zero-order valence-electron chi connectivity index (χ0n) is 14.3. The van der Waals surface area contributed by atoms with Crippen molar-refractivity contribution in [3.8, 4) is 5.75 Å². The molecule has 6 heteroatoms. The smallest absolute Gasteiger partial charge is 0.255 e. The van der Waals surface area contributed by atoms with Crippen LogP contribution in [0.4, 0.5) is 0 Å². The molecule has 0 bridgehead atoms. The summed E-state index contributed by atoms with van der Waals surface area (Å²) in [5, 5.41) is 5.52. The summed E-state index contributed by atoms with van der Waals surface area (Å²) in [6, 6.07) is 6.11. The van der Waals surface area contributed by atoms with Crippen LogP contribution in [0.25, 0.3) is 10.8 Å². The fourth-order valence-electron chi connectivity index (χ4n) is 3.89. The van der Waals surface area contributed by atoms with Gasteiger partial charge in [0.25, 0.3) is 5.56 Å². The maximum atomic E-state index is 11.8. The largest absolute Gasteiger partial charge is 0.489 e. The summed E-state index contributed by atoms with van der Waals surface area (Å²) in [7, 11) is 0. The number of piperidine rings is 1. The number of rotatable bonds is 4. The Morgan fingerprint density at radius 3 is 2.84 bits per heavy atom. The molecule has 0 amide bonds. The number of nitrogens with one attached hydrogen (secondary N) is 2. The van der Waals surface area contributed by atoms with Gasteiger partial charge in [-0.2, -0.15) is 0 Å². The molecule has 5 nitrogen and oxygen atoms in total. The van der Waals surface area contributed by atoms with E-state index in [-0.39, 0.29) is 11.7 Å². The molecule has 2 N–H and O–H groups in total. The molecule has 1 atom stereocenters. The van der Waals surface area contributed by atoms with Crippen LogP contribution >= 0.6 is 11.6 Å². The zero-order chi connectivity index (χ0) is 17.2. The molecule has 2 fully saturated rings. The molecule has 4 rings (SSSR count). The normalized spacial score (nSPS) is 22.5. The van der Waals surface area contributed by atoms with Crippen molar-refractivity contribution in [2.75, 3.05) is 26.2 Å². The van der Waals surface area contributed by atoms with Crippen LogP contribution in [0.3, 0.4) is 0 Å².